The average Bonchev–Trinajstić information content (AvgIpc) is 2.99. The molecule has 252 valence electrons. The van der Waals surface area contributed by atoms with E-state index < -0.39 is 48.0 Å². The Bertz CT molecular complexity index is 1030. The molecule has 1 saturated heterocycles. The second kappa shape index (κ2) is 17.1. The van der Waals surface area contributed by atoms with Crippen LogP contribution in [0.3, 0.4) is 0 Å². The van der Waals surface area contributed by atoms with Crippen LogP contribution < -0.4 is 0 Å². The Morgan fingerprint density at radius 3 is 2.34 bits per heavy atom. The van der Waals surface area contributed by atoms with E-state index in [0.29, 0.717) is 12.8 Å². The molecule has 0 saturated carbocycles. The predicted molar refractivity (Wildman–Crippen MR) is 170 cm³/mol. The molecule has 0 aromatic rings. The standard InChI is InChI=1S/C35H58O9/c1-12-27-24(6)30(42-11)19-35(39,44-27)26(8)32(37)25(7)33-28(40-9)15-13-14-20(2)16-22(4)31(36)23(5)17-21(3)18-29(41-10)34(38)43-33/h13-15,17-18,22-28,30-33,36-37,39H,12,16,19H2,1-11H3/b15-13+,20-14+,21-17+,29-18-/t22-,23?,24-,25?,26?,27?,28-,30?,31?,32?,33?,35?/m0/s1. The normalized spacial score (nSPS) is 41.0. The van der Waals surface area contributed by atoms with Gasteiger partial charge in [-0.15, -0.1) is 0 Å². The van der Waals surface area contributed by atoms with Crippen molar-refractivity contribution in [3.05, 3.63) is 47.3 Å². The van der Waals surface area contributed by atoms with Gasteiger partial charge < -0.3 is 39.0 Å². The van der Waals surface area contributed by atoms with Gasteiger partial charge in [-0.05, 0) is 38.7 Å². The summed E-state index contributed by atoms with van der Waals surface area (Å²) < 4.78 is 29.2. The van der Waals surface area contributed by atoms with E-state index in [1.54, 1.807) is 33.1 Å². The predicted octanol–water partition coefficient (Wildman–Crippen LogP) is 5.10. The highest BCUT2D eigenvalue weighted by Gasteiger charge is 2.51. The van der Waals surface area contributed by atoms with Crippen LogP contribution in [0.4, 0.5) is 0 Å². The number of allylic oxidation sites excluding steroid dienone is 5. The Labute approximate surface area is 264 Å². The van der Waals surface area contributed by atoms with Gasteiger partial charge in [-0.2, -0.15) is 0 Å². The molecule has 0 aliphatic carbocycles. The van der Waals surface area contributed by atoms with Crippen LogP contribution in [0.15, 0.2) is 47.3 Å². The maximum absolute atomic E-state index is 13.5. The van der Waals surface area contributed by atoms with Gasteiger partial charge >= 0.3 is 5.97 Å². The first-order valence-electron chi connectivity index (χ1n) is 15.9. The number of methoxy groups -OCH3 is 3. The van der Waals surface area contributed by atoms with Crippen molar-refractivity contribution in [3.8, 4) is 0 Å². The molecule has 9 nitrogen and oxygen atoms in total. The molecule has 2 rings (SSSR count). The van der Waals surface area contributed by atoms with Crippen molar-refractivity contribution >= 4 is 5.97 Å². The van der Waals surface area contributed by atoms with Crippen molar-refractivity contribution in [2.24, 2.45) is 29.6 Å². The third kappa shape index (κ3) is 9.50. The van der Waals surface area contributed by atoms with Crippen LogP contribution in [0.25, 0.3) is 0 Å². The van der Waals surface area contributed by atoms with E-state index in [4.69, 9.17) is 23.7 Å². The molecule has 1 fully saturated rings. The Balaban J connectivity index is 2.52. The van der Waals surface area contributed by atoms with Crippen LogP contribution in [-0.4, -0.2) is 85.0 Å². The van der Waals surface area contributed by atoms with Gasteiger partial charge in [0.05, 0.1) is 31.5 Å². The van der Waals surface area contributed by atoms with Gasteiger partial charge in [0.25, 0.3) is 0 Å². The minimum Gasteiger partial charge on any atom is -0.490 e. The van der Waals surface area contributed by atoms with Gasteiger partial charge in [0.2, 0.25) is 5.76 Å². The molecule has 2 aliphatic heterocycles. The summed E-state index contributed by atoms with van der Waals surface area (Å²) in [5, 5.41) is 34.4. The fourth-order valence-electron chi connectivity index (χ4n) is 6.58. The Morgan fingerprint density at radius 2 is 1.77 bits per heavy atom. The lowest BCUT2D eigenvalue weighted by atomic mass is 9.77. The van der Waals surface area contributed by atoms with E-state index in [0.717, 1.165) is 11.1 Å². The summed E-state index contributed by atoms with van der Waals surface area (Å²) in [7, 11) is 4.53. The highest BCUT2D eigenvalue weighted by Crippen LogP contribution is 2.41. The molecule has 0 spiro atoms. The summed E-state index contributed by atoms with van der Waals surface area (Å²) in [5.41, 5.74) is 1.81. The van der Waals surface area contributed by atoms with Crippen LogP contribution in [0.1, 0.15) is 74.7 Å². The molecule has 9 unspecified atom stereocenters. The number of esters is 1. The Kier molecular flexibility index (Phi) is 14.8. The van der Waals surface area contributed by atoms with Crippen LogP contribution >= 0.6 is 0 Å². The Morgan fingerprint density at radius 1 is 1.11 bits per heavy atom. The highest BCUT2D eigenvalue weighted by atomic mass is 16.6. The lowest BCUT2D eigenvalue weighted by Gasteiger charge is -2.49. The molecule has 2 aliphatic rings. The SMILES string of the molecule is CCC1OC(O)(C(C)C(O)C(C)C2OC(=O)/C(OC)=C/C(C)=C/C(C)C(O)[C@@H](C)C/C(C)=C/C=C/[C@@H]2OC)CC(OC)[C@H]1C. The quantitative estimate of drug-likeness (QED) is 0.317. The lowest BCUT2D eigenvalue weighted by molar-refractivity contribution is -0.324. The van der Waals surface area contributed by atoms with E-state index in [9.17, 15) is 20.1 Å². The van der Waals surface area contributed by atoms with E-state index in [-0.39, 0.29) is 42.1 Å². The number of hydrogen-bond donors (Lipinski definition) is 3. The molecule has 0 radical (unpaired) electrons. The van der Waals surface area contributed by atoms with Crippen LogP contribution in [0.5, 0.6) is 0 Å². The first-order valence-corrected chi connectivity index (χ1v) is 15.9. The van der Waals surface area contributed by atoms with Crippen molar-refractivity contribution in [1.29, 1.82) is 0 Å². The first kappa shape index (κ1) is 38.2. The number of ether oxygens (including phenoxy) is 5. The number of carbonyl (C=O) groups is 1. The van der Waals surface area contributed by atoms with E-state index in [2.05, 4.69) is 0 Å². The highest BCUT2D eigenvalue weighted by molar-refractivity contribution is 5.87. The lowest BCUT2D eigenvalue weighted by Crippen LogP contribution is -2.58. The van der Waals surface area contributed by atoms with Gasteiger partial charge in [-0.1, -0.05) is 77.0 Å². The molecule has 0 amide bonds. The second-order valence-electron chi connectivity index (χ2n) is 13.0. The van der Waals surface area contributed by atoms with Gasteiger partial charge in [0.15, 0.2) is 5.79 Å². The van der Waals surface area contributed by atoms with Crippen molar-refractivity contribution in [2.45, 2.75) is 117 Å². The number of aliphatic hydroxyl groups excluding tert-OH is 2. The summed E-state index contributed by atoms with van der Waals surface area (Å²) in [5.74, 6) is -3.92. The van der Waals surface area contributed by atoms with Crippen LogP contribution in [0, 0.1) is 29.6 Å². The summed E-state index contributed by atoms with van der Waals surface area (Å²) in [4.78, 5) is 13.5. The number of carbonyl (C=O) groups excluding carboxylic acids is 1. The average molecular weight is 623 g/mol. The maximum atomic E-state index is 13.5. The second-order valence-corrected chi connectivity index (χ2v) is 13.0. The fourth-order valence-corrected chi connectivity index (χ4v) is 6.58. The van der Waals surface area contributed by atoms with Gasteiger partial charge in [0, 0.05) is 44.3 Å². The summed E-state index contributed by atoms with van der Waals surface area (Å²) in [6.45, 7) is 15.3. The smallest absolute Gasteiger partial charge is 0.373 e. The number of aliphatic hydroxyl groups is 3. The molecule has 0 bridgehead atoms. The van der Waals surface area contributed by atoms with Crippen LogP contribution in [-0.2, 0) is 28.5 Å². The summed E-state index contributed by atoms with van der Waals surface area (Å²) in [6, 6.07) is 0. The van der Waals surface area contributed by atoms with E-state index in [1.165, 1.54) is 14.2 Å². The van der Waals surface area contributed by atoms with Gasteiger partial charge in [-0.3, -0.25) is 0 Å². The minimum absolute atomic E-state index is 0.00545. The fraction of sp³-hybridized carbons (Fsp3) is 0.743. The molecule has 9 heteroatoms. The zero-order valence-electron chi connectivity index (χ0n) is 28.7. The van der Waals surface area contributed by atoms with Crippen molar-refractivity contribution in [1.82, 2.24) is 0 Å². The number of hydrogen-bond acceptors (Lipinski definition) is 9. The molecule has 0 aromatic carbocycles. The molecule has 2 heterocycles. The van der Waals surface area contributed by atoms with Gasteiger partial charge in [-0.25, -0.2) is 4.79 Å². The topological polar surface area (TPSA) is 124 Å². The zero-order chi connectivity index (χ0) is 33.4. The van der Waals surface area contributed by atoms with Gasteiger partial charge in [0.1, 0.15) is 12.2 Å². The number of cyclic esters (lactones) is 1. The molecule has 44 heavy (non-hydrogen) atoms. The van der Waals surface area contributed by atoms with Crippen molar-refractivity contribution in [3.63, 3.8) is 0 Å². The van der Waals surface area contributed by atoms with Crippen molar-refractivity contribution < 1.29 is 43.8 Å². The Hall–Kier alpha value is -2.01. The van der Waals surface area contributed by atoms with E-state index >= 15 is 0 Å². The van der Waals surface area contributed by atoms with Crippen molar-refractivity contribution in [2.75, 3.05) is 21.3 Å². The monoisotopic (exact) mass is 622 g/mol. The number of rotatable bonds is 8. The molecule has 3 N–H and O–H groups in total. The molecule has 12 atom stereocenters. The first-order chi connectivity index (χ1) is 20.6. The molecular formula is C35H58O9. The maximum Gasteiger partial charge on any atom is 0.373 e. The molecular weight excluding hydrogens is 564 g/mol. The summed E-state index contributed by atoms with van der Waals surface area (Å²) >= 11 is 0. The third-order valence-electron chi connectivity index (χ3n) is 9.60. The summed E-state index contributed by atoms with van der Waals surface area (Å²) in [6.07, 6.45) is 6.76. The van der Waals surface area contributed by atoms with E-state index in [1.807, 2.05) is 59.8 Å². The third-order valence-corrected chi connectivity index (χ3v) is 9.60. The minimum atomic E-state index is -1.65. The van der Waals surface area contributed by atoms with Crippen LogP contribution in [0.2, 0.25) is 0 Å². The zero-order valence-corrected chi connectivity index (χ0v) is 28.7. The largest absolute Gasteiger partial charge is 0.490 e. The molecule has 0 aromatic heterocycles.